The second kappa shape index (κ2) is 10.3. The van der Waals surface area contributed by atoms with Crippen molar-refractivity contribution in [1.82, 2.24) is 15.0 Å². The topological polar surface area (TPSA) is 116 Å². The smallest absolute Gasteiger partial charge is 0.225 e. The van der Waals surface area contributed by atoms with E-state index in [9.17, 15) is 12.8 Å². The molecular formula is C23H26FN5O5S. The summed E-state index contributed by atoms with van der Waals surface area (Å²) in [6.07, 6.45) is 7.24. The number of nitrogens with one attached hydrogen (secondary N) is 1. The second-order valence-electron chi connectivity index (χ2n) is 7.96. The second-order valence-corrected chi connectivity index (χ2v) is 9.97. The molecule has 0 saturated carbocycles. The van der Waals surface area contributed by atoms with Gasteiger partial charge >= 0.3 is 0 Å². The predicted molar refractivity (Wildman–Crippen MR) is 128 cm³/mol. The molecule has 1 aromatic carbocycles. The molecule has 0 radical (unpaired) electrons. The van der Waals surface area contributed by atoms with Gasteiger partial charge in [-0.1, -0.05) is 0 Å². The molecule has 1 aliphatic heterocycles. The number of benzene rings is 1. The number of methoxy groups -OCH3 is 2. The van der Waals surface area contributed by atoms with Crippen LogP contribution >= 0.6 is 0 Å². The van der Waals surface area contributed by atoms with Gasteiger partial charge in [0.05, 0.1) is 37.2 Å². The highest BCUT2D eigenvalue weighted by molar-refractivity contribution is 7.90. The highest BCUT2D eigenvalue weighted by Gasteiger charge is 2.24. The van der Waals surface area contributed by atoms with E-state index in [0.29, 0.717) is 36.3 Å². The summed E-state index contributed by atoms with van der Waals surface area (Å²) in [5.74, 6) is 1.56. The summed E-state index contributed by atoms with van der Waals surface area (Å²) in [6, 6.07) is 5.32. The maximum atomic E-state index is 14.5. The number of piperidine rings is 1. The van der Waals surface area contributed by atoms with Crippen LogP contribution in [0.25, 0.3) is 0 Å². The Morgan fingerprint density at radius 1 is 1.06 bits per heavy atom. The van der Waals surface area contributed by atoms with Crippen molar-refractivity contribution in [3.63, 3.8) is 0 Å². The molecule has 1 N–H and O–H groups in total. The lowest BCUT2D eigenvalue weighted by Gasteiger charge is -2.32. The Labute approximate surface area is 203 Å². The highest BCUT2D eigenvalue weighted by atomic mass is 32.2. The number of pyridine rings is 1. The molecule has 1 aliphatic rings. The van der Waals surface area contributed by atoms with Crippen molar-refractivity contribution in [1.29, 1.82) is 0 Å². The summed E-state index contributed by atoms with van der Waals surface area (Å²) in [5.41, 5.74) is 0.0631. The predicted octanol–water partition coefficient (Wildman–Crippen LogP) is 3.22. The van der Waals surface area contributed by atoms with E-state index in [2.05, 4.69) is 25.2 Å². The first-order valence-corrected chi connectivity index (χ1v) is 12.7. The first kappa shape index (κ1) is 24.5. The number of hydrogen-bond donors (Lipinski definition) is 1. The lowest BCUT2D eigenvalue weighted by Crippen LogP contribution is -2.39. The molecular weight excluding hydrogens is 477 g/mol. The van der Waals surface area contributed by atoms with E-state index in [1.807, 2.05) is 0 Å². The number of hydrogen-bond acceptors (Lipinski definition) is 10. The number of sulfone groups is 1. The Hall–Kier alpha value is -3.67. The molecule has 0 amide bonds. The molecule has 35 heavy (non-hydrogen) atoms. The zero-order chi connectivity index (χ0) is 25.0. The number of aromatic nitrogens is 3. The molecule has 0 aliphatic carbocycles. The third-order valence-electron chi connectivity index (χ3n) is 5.56. The molecule has 3 heterocycles. The molecule has 1 saturated heterocycles. The van der Waals surface area contributed by atoms with E-state index in [4.69, 9.17) is 14.2 Å². The van der Waals surface area contributed by atoms with E-state index in [-0.39, 0.29) is 22.5 Å². The number of ether oxygens (including phenoxy) is 3. The average Bonchev–Trinajstić information content (AvgIpc) is 2.85. The van der Waals surface area contributed by atoms with Crippen molar-refractivity contribution in [2.45, 2.75) is 23.8 Å². The zero-order valence-corrected chi connectivity index (χ0v) is 20.4. The van der Waals surface area contributed by atoms with Gasteiger partial charge in [0.25, 0.3) is 0 Å². The van der Waals surface area contributed by atoms with Crippen LogP contribution in [0.15, 0.2) is 47.8 Å². The monoisotopic (exact) mass is 503 g/mol. The maximum absolute atomic E-state index is 14.5. The van der Waals surface area contributed by atoms with E-state index in [0.717, 1.165) is 25.2 Å². The van der Waals surface area contributed by atoms with Gasteiger partial charge in [0.1, 0.15) is 11.9 Å². The van der Waals surface area contributed by atoms with Crippen molar-refractivity contribution in [3.8, 4) is 17.2 Å². The van der Waals surface area contributed by atoms with Crippen LogP contribution < -0.4 is 24.4 Å². The van der Waals surface area contributed by atoms with Crippen LogP contribution in [-0.2, 0) is 9.84 Å². The number of anilines is 3. The summed E-state index contributed by atoms with van der Waals surface area (Å²) >= 11 is 0. The van der Waals surface area contributed by atoms with Crippen molar-refractivity contribution in [2.75, 3.05) is 43.8 Å². The quantitative estimate of drug-likeness (QED) is 0.491. The lowest BCUT2D eigenvalue weighted by molar-refractivity contribution is 0.164. The van der Waals surface area contributed by atoms with E-state index in [1.54, 1.807) is 25.6 Å². The van der Waals surface area contributed by atoms with E-state index < -0.39 is 15.7 Å². The Bertz CT molecular complexity index is 1280. The fraction of sp³-hybridized carbons (Fsp3) is 0.348. The number of rotatable bonds is 8. The third-order valence-corrected chi connectivity index (χ3v) is 6.67. The van der Waals surface area contributed by atoms with Gasteiger partial charge in [-0.3, -0.25) is 0 Å². The van der Waals surface area contributed by atoms with Crippen molar-refractivity contribution in [2.24, 2.45) is 0 Å². The van der Waals surface area contributed by atoms with Gasteiger partial charge in [-0.15, -0.1) is 0 Å². The van der Waals surface area contributed by atoms with Gasteiger partial charge in [0.2, 0.25) is 11.7 Å². The molecule has 186 valence electrons. The summed E-state index contributed by atoms with van der Waals surface area (Å²) in [7, 11) is -0.477. The summed E-state index contributed by atoms with van der Waals surface area (Å²) < 4.78 is 54.7. The minimum atomic E-state index is -3.52. The third kappa shape index (κ3) is 5.70. The first-order valence-electron chi connectivity index (χ1n) is 10.9. The van der Waals surface area contributed by atoms with Gasteiger partial charge in [0.15, 0.2) is 27.2 Å². The molecule has 2 aromatic heterocycles. The molecule has 12 heteroatoms. The minimum absolute atomic E-state index is 0.0631. The van der Waals surface area contributed by atoms with Crippen LogP contribution in [0, 0.1) is 5.82 Å². The fourth-order valence-electron chi connectivity index (χ4n) is 3.70. The molecule has 4 rings (SSSR count). The molecule has 10 nitrogen and oxygen atoms in total. The Kier molecular flexibility index (Phi) is 7.20. The molecule has 3 aromatic rings. The van der Waals surface area contributed by atoms with Crippen molar-refractivity contribution in [3.05, 3.63) is 48.7 Å². The van der Waals surface area contributed by atoms with Crippen LogP contribution in [0.5, 0.6) is 17.2 Å². The van der Waals surface area contributed by atoms with Crippen molar-refractivity contribution < 1.29 is 27.0 Å². The zero-order valence-electron chi connectivity index (χ0n) is 19.6. The van der Waals surface area contributed by atoms with Crippen LogP contribution in [0.2, 0.25) is 0 Å². The van der Waals surface area contributed by atoms with Crippen LogP contribution in [0.1, 0.15) is 12.8 Å². The fourth-order valence-corrected chi connectivity index (χ4v) is 4.33. The largest absolute Gasteiger partial charge is 0.494 e. The van der Waals surface area contributed by atoms with Gasteiger partial charge in [-0.2, -0.15) is 0 Å². The number of halogens is 1. The Morgan fingerprint density at radius 2 is 1.77 bits per heavy atom. The van der Waals surface area contributed by atoms with Crippen LogP contribution in [-0.4, -0.2) is 63.0 Å². The highest BCUT2D eigenvalue weighted by Crippen LogP contribution is 2.37. The molecule has 0 spiro atoms. The van der Waals surface area contributed by atoms with Crippen molar-refractivity contribution >= 4 is 27.3 Å². The van der Waals surface area contributed by atoms with Gasteiger partial charge < -0.3 is 24.4 Å². The molecule has 0 atom stereocenters. The molecule has 0 unspecified atom stereocenters. The minimum Gasteiger partial charge on any atom is -0.494 e. The van der Waals surface area contributed by atoms with E-state index >= 15 is 0 Å². The van der Waals surface area contributed by atoms with Crippen LogP contribution in [0.4, 0.5) is 21.8 Å². The summed E-state index contributed by atoms with van der Waals surface area (Å²) in [5, 5.41) is 2.86. The standard InChI is InChI=1S/C23H26FN5O5S/c1-32-16-13-26-23(27-14-16)29-10-7-15(8-11-29)34-20-6-9-25-22(21(20)33-2)28-19-5-4-17(12-18(19)24)35(3,30)31/h4-6,9,12-15H,7-8,10-11H2,1-3H3,(H,25,28). The Balaban J connectivity index is 1.44. The lowest BCUT2D eigenvalue weighted by atomic mass is 10.1. The van der Waals surface area contributed by atoms with Gasteiger partial charge in [-0.25, -0.2) is 27.8 Å². The maximum Gasteiger partial charge on any atom is 0.225 e. The SMILES string of the molecule is COc1cnc(N2CCC(Oc3ccnc(Nc4ccc(S(C)(=O)=O)cc4F)c3OC)CC2)nc1. The summed E-state index contributed by atoms with van der Waals surface area (Å²) in [6.45, 7) is 1.43. The van der Waals surface area contributed by atoms with Crippen LogP contribution in [0.3, 0.4) is 0 Å². The Morgan fingerprint density at radius 3 is 2.37 bits per heavy atom. The van der Waals surface area contributed by atoms with E-state index in [1.165, 1.54) is 25.4 Å². The average molecular weight is 504 g/mol. The van der Waals surface area contributed by atoms with Gasteiger partial charge in [0, 0.05) is 44.5 Å². The molecule has 1 fully saturated rings. The normalized spacial score (nSPS) is 14.5. The summed E-state index contributed by atoms with van der Waals surface area (Å²) in [4.78, 5) is 14.9. The van der Waals surface area contributed by atoms with Gasteiger partial charge in [-0.05, 0) is 18.2 Å². The molecule has 0 bridgehead atoms. The number of nitrogens with zero attached hydrogens (tertiary/aromatic N) is 4. The first-order chi connectivity index (χ1) is 16.8.